The maximum atomic E-state index is 13.9. The zero-order valence-electron chi connectivity index (χ0n) is 18.9. The van der Waals surface area contributed by atoms with Crippen LogP contribution >= 0.6 is 0 Å². The van der Waals surface area contributed by atoms with Gasteiger partial charge in [0.25, 0.3) is 0 Å². The van der Waals surface area contributed by atoms with Gasteiger partial charge in [0.05, 0.1) is 36.6 Å². The average Bonchev–Trinajstić information content (AvgIpc) is 3.20. The second-order valence-corrected chi connectivity index (χ2v) is 8.01. The maximum Gasteiger partial charge on any atom is 0.244 e. The van der Waals surface area contributed by atoms with Gasteiger partial charge >= 0.3 is 0 Å². The number of nitrogens with zero attached hydrogens (tertiary/aromatic N) is 2. The fraction of sp³-hybridized carbons (Fsp3) is 0.0714. The average molecular weight is 468 g/mol. The van der Waals surface area contributed by atoms with Crippen molar-refractivity contribution in [3.63, 3.8) is 0 Å². The van der Waals surface area contributed by atoms with Crippen molar-refractivity contribution in [1.82, 2.24) is 14.9 Å². The minimum absolute atomic E-state index is 0.0364. The Kier molecular flexibility index (Phi) is 5.89. The summed E-state index contributed by atoms with van der Waals surface area (Å²) in [6.45, 7) is 0.248. The SMILES string of the molecule is COc1cc(/C=C/C(=O)NCc2cc3c4ccccc4n(-c4cccc(F)c4)c3cn2)ccc1O. The molecule has 35 heavy (non-hydrogen) atoms. The Morgan fingerprint density at radius 3 is 2.74 bits per heavy atom. The summed E-state index contributed by atoms with van der Waals surface area (Å²) in [6, 6.07) is 21.2. The second kappa shape index (κ2) is 9.30. The molecule has 0 aliphatic heterocycles. The highest BCUT2D eigenvalue weighted by molar-refractivity contribution is 6.09. The number of hydrogen-bond donors (Lipinski definition) is 2. The highest BCUT2D eigenvalue weighted by Gasteiger charge is 2.13. The number of rotatable bonds is 6. The molecule has 0 radical (unpaired) electrons. The molecule has 0 atom stereocenters. The van der Waals surface area contributed by atoms with Gasteiger partial charge in [-0.2, -0.15) is 0 Å². The first-order valence-electron chi connectivity index (χ1n) is 11.0. The number of amides is 1. The van der Waals surface area contributed by atoms with Crippen LogP contribution in [-0.2, 0) is 11.3 Å². The molecule has 6 nitrogen and oxygen atoms in total. The highest BCUT2D eigenvalue weighted by Crippen LogP contribution is 2.32. The zero-order chi connectivity index (χ0) is 24.4. The molecule has 0 spiro atoms. The predicted molar refractivity (Wildman–Crippen MR) is 134 cm³/mol. The van der Waals surface area contributed by atoms with Crippen LogP contribution in [0.5, 0.6) is 11.5 Å². The van der Waals surface area contributed by atoms with E-state index in [4.69, 9.17) is 4.74 Å². The number of carbonyl (C=O) groups excluding carboxylic acids is 1. The number of nitrogens with one attached hydrogen (secondary N) is 1. The van der Waals surface area contributed by atoms with Gasteiger partial charge in [0.2, 0.25) is 5.91 Å². The van der Waals surface area contributed by atoms with Gasteiger partial charge in [-0.1, -0.05) is 30.3 Å². The van der Waals surface area contributed by atoms with E-state index in [0.717, 1.165) is 33.1 Å². The normalized spacial score (nSPS) is 11.4. The standard InChI is InChI=1S/C28H22FN3O3/c1-35-27-13-18(9-11-26(27)33)10-12-28(34)31-16-20-15-23-22-7-2-3-8-24(22)32(25(23)17-30-20)21-6-4-5-19(29)14-21/h2-15,17,33H,16H2,1H3,(H,31,34)/b12-10+. The third-order valence-corrected chi connectivity index (χ3v) is 5.76. The van der Waals surface area contributed by atoms with Gasteiger partial charge in [-0.05, 0) is 54.1 Å². The number of halogens is 1. The number of hydrogen-bond acceptors (Lipinski definition) is 4. The maximum absolute atomic E-state index is 13.9. The number of pyridine rings is 1. The molecule has 0 unspecified atom stereocenters. The number of phenolic OH excluding ortho intramolecular Hbond substituents is 1. The van der Waals surface area contributed by atoms with E-state index in [9.17, 15) is 14.3 Å². The quantitative estimate of drug-likeness (QED) is 0.330. The van der Waals surface area contributed by atoms with Crippen molar-refractivity contribution in [3.8, 4) is 17.2 Å². The molecular weight excluding hydrogens is 445 g/mol. The van der Waals surface area contributed by atoms with Crippen LogP contribution in [0.2, 0.25) is 0 Å². The molecule has 5 aromatic rings. The van der Waals surface area contributed by atoms with Crippen molar-refractivity contribution >= 4 is 33.8 Å². The van der Waals surface area contributed by atoms with Crippen molar-refractivity contribution in [2.75, 3.05) is 7.11 Å². The van der Waals surface area contributed by atoms with E-state index in [1.54, 1.807) is 30.5 Å². The molecular formula is C28H22FN3O3. The fourth-order valence-electron chi connectivity index (χ4n) is 4.11. The zero-order valence-corrected chi connectivity index (χ0v) is 18.9. The first-order valence-corrected chi connectivity index (χ1v) is 11.0. The van der Waals surface area contributed by atoms with Gasteiger partial charge < -0.3 is 19.7 Å². The summed E-state index contributed by atoms with van der Waals surface area (Å²) in [5.74, 6) is -0.211. The summed E-state index contributed by atoms with van der Waals surface area (Å²) in [7, 11) is 1.47. The van der Waals surface area contributed by atoms with E-state index in [2.05, 4.69) is 10.3 Å². The molecule has 0 saturated heterocycles. The molecule has 3 aromatic carbocycles. The summed E-state index contributed by atoms with van der Waals surface area (Å²) in [6.07, 6.45) is 4.81. The molecule has 7 heteroatoms. The van der Waals surface area contributed by atoms with Crippen LogP contribution in [0.25, 0.3) is 33.6 Å². The second-order valence-electron chi connectivity index (χ2n) is 8.01. The van der Waals surface area contributed by atoms with Crippen LogP contribution < -0.4 is 10.1 Å². The van der Waals surface area contributed by atoms with Gasteiger partial charge in [0.1, 0.15) is 5.82 Å². The van der Waals surface area contributed by atoms with E-state index >= 15 is 0 Å². The smallest absolute Gasteiger partial charge is 0.244 e. The Balaban J connectivity index is 1.39. The topological polar surface area (TPSA) is 76.4 Å². The fourth-order valence-corrected chi connectivity index (χ4v) is 4.11. The lowest BCUT2D eigenvalue weighted by molar-refractivity contribution is -0.116. The van der Waals surface area contributed by atoms with E-state index in [1.807, 2.05) is 41.0 Å². The van der Waals surface area contributed by atoms with Crippen molar-refractivity contribution in [3.05, 3.63) is 102 Å². The number of aromatic hydroxyl groups is 1. The van der Waals surface area contributed by atoms with Crippen LogP contribution in [0.15, 0.2) is 85.1 Å². The lowest BCUT2D eigenvalue weighted by Gasteiger charge is -2.08. The van der Waals surface area contributed by atoms with Crippen LogP contribution in [0.1, 0.15) is 11.3 Å². The monoisotopic (exact) mass is 467 g/mol. The van der Waals surface area contributed by atoms with Gasteiger partial charge in [0, 0.05) is 22.5 Å². The van der Waals surface area contributed by atoms with Gasteiger partial charge in [-0.3, -0.25) is 9.78 Å². The van der Waals surface area contributed by atoms with Crippen LogP contribution in [0.3, 0.4) is 0 Å². The van der Waals surface area contributed by atoms with Crippen LogP contribution in [-0.4, -0.2) is 27.7 Å². The number of phenols is 1. The predicted octanol–water partition coefficient (Wildman–Crippen LogP) is 5.36. The molecule has 2 aromatic heterocycles. The molecule has 0 saturated carbocycles. The molecule has 0 aliphatic rings. The Labute approximate surface area is 200 Å². The molecule has 0 aliphatic carbocycles. The summed E-state index contributed by atoms with van der Waals surface area (Å²) >= 11 is 0. The minimum atomic E-state index is -0.306. The van der Waals surface area contributed by atoms with Gasteiger partial charge in [-0.25, -0.2) is 4.39 Å². The van der Waals surface area contributed by atoms with Crippen LogP contribution in [0.4, 0.5) is 4.39 Å². The van der Waals surface area contributed by atoms with Crippen LogP contribution in [0, 0.1) is 5.82 Å². The van der Waals surface area contributed by atoms with Crippen molar-refractivity contribution in [2.24, 2.45) is 0 Å². The Bertz CT molecular complexity index is 1590. The largest absolute Gasteiger partial charge is 0.504 e. The van der Waals surface area contributed by atoms with Gasteiger partial charge in [-0.15, -0.1) is 0 Å². The summed E-state index contributed by atoms with van der Waals surface area (Å²) in [5.41, 5.74) is 3.94. The number of methoxy groups -OCH3 is 1. The Morgan fingerprint density at radius 2 is 1.91 bits per heavy atom. The van der Waals surface area contributed by atoms with Crippen molar-refractivity contribution < 1.29 is 19.0 Å². The number of fused-ring (bicyclic) bond motifs is 3. The lowest BCUT2D eigenvalue weighted by atomic mass is 10.1. The molecule has 1 amide bonds. The summed E-state index contributed by atoms with van der Waals surface area (Å²) in [5, 5.41) is 14.5. The third-order valence-electron chi connectivity index (χ3n) is 5.76. The first kappa shape index (κ1) is 22.2. The molecule has 0 bridgehead atoms. The molecule has 0 fully saturated rings. The number of para-hydroxylation sites is 1. The molecule has 174 valence electrons. The van der Waals surface area contributed by atoms with Crippen molar-refractivity contribution in [2.45, 2.75) is 6.54 Å². The number of carbonyl (C=O) groups is 1. The number of benzene rings is 3. The third kappa shape index (κ3) is 4.44. The van der Waals surface area contributed by atoms with E-state index in [0.29, 0.717) is 11.4 Å². The van der Waals surface area contributed by atoms with E-state index < -0.39 is 0 Å². The minimum Gasteiger partial charge on any atom is -0.504 e. The summed E-state index contributed by atoms with van der Waals surface area (Å²) in [4.78, 5) is 16.9. The number of aromatic nitrogens is 2. The first-order chi connectivity index (χ1) is 17.0. The van der Waals surface area contributed by atoms with Gasteiger partial charge in [0.15, 0.2) is 11.5 Å². The Morgan fingerprint density at radius 1 is 1.06 bits per heavy atom. The van der Waals surface area contributed by atoms with E-state index in [1.165, 1.54) is 31.4 Å². The molecule has 2 N–H and O–H groups in total. The highest BCUT2D eigenvalue weighted by atomic mass is 19.1. The summed E-state index contributed by atoms with van der Waals surface area (Å²) < 4.78 is 21.0. The molecule has 2 heterocycles. The Hall–Kier alpha value is -4.65. The number of ether oxygens (including phenoxy) is 1. The van der Waals surface area contributed by atoms with Crippen molar-refractivity contribution in [1.29, 1.82) is 0 Å². The van der Waals surface area contributed by atoms with E-state index in [-0.39, 0.29) is 24.0 Å². The molecule has 5 rings (SSSR count). The lowest BCUT2D eigenvalue weighted by Crippen LogP contribution is -2.20.